The normalized spacial score (nSPS) is 22.4. The van der Waals surface area contributed by atoms with E-state index in [2.05, 4.69) is 5.32 Å². The van der Waals surface area contributed by atoms with E-state index in [0.717, 1.165) is 12.0 Å². The van der Waals surface area contributed by atoms with Crippen molar-refractivity contribution < 1.29 is 13.2 Å². The first kappa shape index (κ1) is 15.0. The number of carbonyl (C=O) groups excluding carboxylic acids is 1. The fraction of sp³-hybridized carbons (Fsp3) is 0.533. The van der Waals surface area contributed by atoms with E-state index in [1.54, 1.807) is 0 Å². The van der Waals surface area contributed by atoms with Crippen LogP contribution in [-0.4, -0.2) is 32.4 Å². The van der Waals surface area contributed by atoms with Gasteiger partial charge in [0.05, 0.1) is 17.4 Å². The van der Waals surface area contributed by atoms with Crippen molar-refractivity contribution in [2.45, 2.75) is 25.7 Å². The molecule has 1 aliphatic heterocycles. The van der Waals surface area contributed by atoms with Crippen LogP contribution in [0, 0.1) is 5.92 Å². The maximum Gasteiger partial charge on any atom is 0.227 e. The van der Waals surface area contributed by atoms with Gasteiger partial charge in [-0.25, -0.2) is 8.42 Å². The summed E-state index contributed by atoms with van der Waals surface area (Å²) in [4.78, 5) is 12.2. The minimum atomic E-state index is -2.87. The molecular formula is C15H21NO3S. The van der Waals surface area contributed by atoms with Crippen LogP contribution >= 0.6 is 0 Å². The lowest BCUT2D eigenvalue weighted by Gasteiger charge is -2.17. The van der Waals surface area contributed by atoms with Gasteiger partial charge in [0.25, 0.3) is 0 Å². The molecule has 1 fully saturated rings. The highest BCUT2D eigenvalue weighted by atomic mass is 32.2. The van der Waals surface area contributed by atoms with Crippen molar-refractivity contribution >= 4 is 15.7 Å². The van der Waals surface area contributed by atoms with E-state index in [1.165, 1.54) is 0 Å². The molecule has 2 rings (SSSR count). The van der Waals surface area contributed by atoms with Gasteiger partial charge in [-0.15, -0.1) is 0 Å². The zero-order valence-corrected chi connectivity index (χ0v) is 12.5. The summed E-state index contributed by atoms with van der Waals surface area (Å²) in [5, 5.41) is 2.91. The third-order valence-electron chi connectivity index (χ3n) is 3.82. The van der Waals surface area contributed by atoms with Gasteiger partial charge in [-0.1, -0.05) is 37.3 Å². The predicted octanol–water partition coefficient (Wildman–Crippen LogP) is 1.73. The van der Waals surface area contributed by atoms with Crippen LogP contribution < -0.4 is 5.32 Å². The molecule has 110 valence electrons. The molecule has 0 aliphatic carbocycles. The standard InChI is InChI=1S/C15H21NO3S/c1-2-14(13-6-4-3-5-7-13)15(17)16-10-12-8-9-20(18,19)11-12/h3-7,12,14H,2,8-11H2,1H3,(H,16,17)/t12-,14-/m0/s1. The maximum atomic E-state index is 12.2. The van der Waals surface area contributed by atoms with Crippen molar-refractivity contribution in [2.75, 3.05) is 18.1 Å². The number of nitrogens with one attached hydrogen (secondary N) is 1. The lowest BCUT2D eigenvalue weighted by Crippen LogP contribution is -2.33. The van der Waals surface area contributed by atoms with Crippen molar-refractivity contribution in [1.29, 1.82) is 0 Å². The number of sulfone groups is 1. The van der Waals surface area contributed by atoms with Crippen LogP contribution in [0.5, 0.6) is 0 Å². The topological polar surface area (TPSA) is 63.2 Å². The van der Waals surface area contributed by atoms with E-state index in [9.17, 15) is 13.2 Å². The van der Waals surface area contributed by atoms with Gasteiger partial charge >= 0.3 is 0 Å². The van der Waals surface area contributed by atoms with Gasteiger partial charge in [-0.2, -0.15) is 0 Å². The van der Waals surface area contributed by atoms with E-state index in [4.69, 9.17) is 0 Å². The zero-order chi connectivity index (χ0) is 14.6. The fourth-order valence-electron chi connectivity index (χ4n) is 2.66. The summed E-state index contributed by atoms with van der Waals surface area (Å²) in [5.74, 6) is 0.355. The van der Waals surface area contributed by atoms with Gasteiger partial charge in [0.2, 0.25) is 5.91 Å². The molecule has 0 radical (unpaired) electrons. The summed E-state index contributed by atoms with van der Waals surface area (Å²) < 4.78 is 22.8. The fourth-order valence-corrected chi connectivity index (χ4v) is 4.52. The van der Waals surface area contributed by atoms with Crippen LogP contribution in [0.1, 0.15) is 31.2 Å². The molecule has 1 saturated heterocycles. The lowest BCUT2D eigenvalue weighted by molar-refractivity contribution is -0.122. The van der Waals surface area contributed by atoms with Crippen LogP contribution in [0.25, 0.3) is 0 Å². The number of hydrogen-bond acceptors (Lipinski definition) is 3. The second-order valence-electron chi connectivity index (χ2n) is 5.39. The molecule has 0 unspecified atom stereocenters. The molecule has 1 N–H and O–H groups in total. The highest BCUT2D eigenvalue weighted by molar-refractivity contribution is 7.91. The van der Waals surface area contributed by atoms with E-state index in [0.29, 0.717) is 13.0 Å². The second-order valence-corrected chi connectivity index (χ2v) is 7.61. The van der Waals surface area contributed by atoms with E-state index >= 15 is 0 Å². The molecule has 1 aliphatic rings. The largest absolute Gasteiger partial charge is 0.355 e. The zero-order valence-electron chi connectivity index (χ0n) is 11.7. The molecule has 20 heavy (non-hydrogen) atoms. The van der Waals surface area contributed by atoms with Crippen LogP contribution in [0.2, 0.25) is 0 Å². The molecule has 2 atom stereocenters. The minimum Gasteiger partial charge on any atom is -0.355 e. The van der Waals surface area contributed by atoms with Crippen molar-refractivity contribution in [3.8, 4) is 0 Å². The number of hydrogen-bond donors (Lipinski definition) is 1. The smallest absolute Gasteiger partial charge is 0.227 e. The molecule has 5 heteroatoms. The SMILES string of the molecule is CC[C@H](C(=O)NC[C@@H]1CCS(=O)(=O)C1)c1ccccc1. The average molecular weight is 295 g/mol. The van der Waals surface area contributed by atoms with Crippen molar-refractivity contribution in [3.05, 3.63) is 35.9 Å². The van der Waals surface area contributed by atoms with Crippen LogP contribution in [-0.2, 0) is 14.6 Å². The van der Waals surface area contributed by atoms with Gasteiger partial charge in [0.1, 0.15) is 0 Å². The number of carbonyl (C=O) groups is 1. The summed E-state index contributed by atoms with van der Waals surface area (Å²) in [7, 11) is -2.87. The molecular weight excluding hydrogens is 274 g/mol. The minimum absolute atomic E-state index is 0.0111. The molecule has 1 aromatic rings. The Morgan fingerprint density at radius 2 is 2.05 bits per heavy atom. The quantitative estimate of drug-likeness (QED) is 0.900. The van der Waals surface area contributed by atoms with Gasteiger partial charge in [0.15, 0.2) is 9.84 Å². The van der Waals surface area contributed by atoms with Crippen molar-refractivity contribution in [3.63, 3.8) is 0 Å². The third-order valence-corrected chi connectivity index (χ3v) is 5.66. The van der Waals surface area contributed by atoms with E-state index in [-0.39, 0.29) is 29.2 Å². The molecule has 0 saturated carbocycles. The Bertz CT molecular complexity index is 554. The highest BCUT2D eigenvalue weighted by Gasteiger charge is 2.28. The van der Waals surface area contributed by atoms with Gasteiger partial charge in [-0.05, 0) is 24.3 Å². The Balaban J connectivity index is 1.91. The maximum absolute atomic E-state index is 12.2. The Kier molecular flexibility index (Phi) is 4.81. The first-order valence-corrected chi connectivity index (χ1v) is 8.87. The highest BCUT2D eigenvalue weighted by Crippen LogP contribution is 2.21. The number of benzene rings is 1. The van der Waals surface area contributed by atoms with Gasteiger partial charge < -0.3 is 5.32 Å². The summed E-state index contributed by atoms with van der Waals surface area (Å²) in [5.41, 5.74) is 1.01. The van der Waals surface area contributed by atoms with E-state index in [1.807, 2.05) is 37.3 Å². The van der Waals surface area contributed by atoms with Gasteiger partial charge in [0, 0.05) is 6.54 Å². The average Bonchev–Trinajstić information content (AvgIpc) is 2.78. The number of rotatable bonds is 5. The van der Waals surface area contributed by atoms with E-state index < -0.39 is 9.84 Å². The summed E-state index contributed by atoms with van der Waals surface area (Å²) in [6.45, 7) is 2.44. The first-order chi connectivity index (χ1) is 9.52. The van der Waals surface area contributed by atoms with Gasteiger partial charge in [-0.3, -0.25) is 4.79 Å². The van der Waals surface area contributed by atoms with Crippen LogP contribution in [0.15, 0.2) is 30.3 Å². The Labute approximate surface area is 120 Å². The molecule has 0 spiro atoms. The second kappa shape index (κ2) is 6.39. The predicted molar refractivity (Wildman–Crippen MR) is 79.2 cm³/mol. The first-order valence-electron chi connectivity index (χ1n) is 7.05. The molecule has 0 bridgehead atoms. The van der Waals surface area contributed by atoms with Crippen LogP contribution in [0.3, 0.4) is 0 Å². The Hall–Kier alpha value is -1.36. The molecule has 1 amide bonds. The molecule has 1 aromatic carbocycles. The molecule has 0 aromatic heterocycles. The molecule has 1 heterocycles. The van der Waals surface area contributed by atoms with Crippen molar-refractivity contribution in [2.24, 2.45) is 5.92 Å². The lowest BCUT2D eigenvalue weighted by atomic mass is 9.95. The van der Waals surface area contributed by atoms with Crippen molar-refractivity contribution in [1.82, 2.24) is 5.32 Å². The van der Waals surface area contributed by atoms with Crippen LogP contribution in [0.4, 0.5) is 0 Å². The Morgan fingerprint density at radius 1 is 1.35 bits per heavy atom. The third kappa shape index (κ3) is 3.82. The molecule has 4 nitrogen and oxygen atoms in total. The number of amides is 1. The summed E-state index contributed by atoms with van der Waals surface area (Å²) >= 11 is 0. The summed E-state index contributed by atoms with van der Waals surface area (Å²) in [6, 6.07) is 9.68. The monoisotopic (exact) mass is 295 g/mol. The summed E-state index contributed by atoms with van der Waals surface area (Å²) in [6.07, 6.45) is 1.39. The Morgan fingerprint density at radius 3 is 2.60 bits per heavy atom.